The summed E-state index contributed by atoms with van der Waals surface area (Å²) in [5, 5.41) is 0. The highest BCUT2D eigenvalue weighted by Gasteiger charge is 2.27. The van der Waals surface area contributed by atoms with E-state index < -0.39 is 0 Å². The zero-order chi connectivity index (χ0) is 9.84. The van der Waals surface area contributed by atoms with Crippen LogP contribution in [0.5, 0.6) is 0 Å². The Bertz CT molecular complexity index is 149. The Hall–Kier alpha value is -0.0800. The minimum atomic E-state index is 0.447. The molecule has 1 aliphatic heterocycles. The summed E-state index contributed by atoms with van der Waals surface area (Å²) in [6.45, 7) is 9.22. The van der Waals surface area contributed by atoms with E-state index in [1.54, 1.807) is 0 Å². The fourth-order valence-electron chi connectivity index (χ4n) is 2.02. The zero-order valence-electron chi connectivity index (χ0n) is 9.42. The number of likely N-dealkylation sites (tertiary alicyclic amines) is 1. The number of piperidine rings is 1. The van der Waals surface area contributed by atoms with Gasteiger partial charge in [0.15, 0.2) is 0 Å². The Morgan fingerprint density at radius 1 is 1.54 bits per heavy atom. The molecule has 0 aliphatic carbocycles. The molecule has 0 bridgehead atoms. The molecule has 0 N–H and O–H groups in total. The molecule has 3 atom stereocenters. The van der Waals surface area contributed by atoms with Gasteiger partial charge in [-0.1, -0.05) is 13.8 Å². The smallest absolute Gasteiger partial charge is 0.0724 e. The van der Waals surface area contributed by atoms with Gasteiger partial charge in [-0.3, -0.25) is 4.90 Å². The molecule has 0 aromatic heterocycles. The van der Waals surface area contributed by atoms with Gasteiger partial charge < -0.3 is 4.74 Å². The summed E-state index contributed by atoms with van der Waals surface area (Å²) in [5.74, 6) is 0.727. The Morgan fingerprint density at radius 2 is 2.23 bits per heavy atom. The molecule has 0 saturated carbocycles. The Balaban J connectivity index is 2.44. The van der Waals surface area contributed by atoms with Crippen LogP contribution in [-0.2, 0) is 4.74 Å². The van der Waals surface area contributed by atoms with Gasteiger partial charge in [0.05, 0.1) is 6.10 Å². The number of hydrogen-bond donors (Lipinski definition) is 0. The Morgan fingerprint density at radius 3 is 2.77 bits per heavy atom. The molecule has 3 unspecified atom stereocenters. The van der Waals surface area contributed by atoms with Crippen LogP contribution in [0.15, 0.2) is 0 Å². The van der Waals surface area contributed by atoms with E-state index in [1.807, 2.05) is 7.11 Å². The van der Waals surface area contributed by atoms with Crippen molar-refractivity contribution in [3.63, 3.8) is 0 Å². The van der Waals surface area contributed by atoms with E-state index in [-0.39, 0.29) is 0 Å². The lowest BCUT2D eigenvalue weighted by molar-refractivity contribution is -0.0170. The predicted octanol–water partition coefficient (Wildman–Crippen LogP) is 2.14. The van der Waals surface area contributed by atoms with E-state index in [2.05, 4.69) is 25.7 Å². The van der Waals surface area contributed by atoms with Crippen molar-refractivity contribution in [1.82, 2.24) is 4.90 Å². The molecule has 1 aliphatic rings. The highest BCUT2D eigenvalue weighted by molar-refractivity contribution is 4.80. The molecule has 0 aromatic rings. The van der Waals surface area contributed by atoms with Crippen LogP contribution in [0, 0.1) is 5.92 Å². The number of nitrogens with zero attached hydrogens (tertiary/aromatic N) is 1. The van der Waals surface area contributed by atoms with Crippen LogP contribution < -0.4 is 0 Å². The van der Waals surface area contributed by atoms with Crippen LogP contribution in [0.1, 0.15) is 33.6 Å². The number of ether oxygens (including phenoxy) is 1. The standard InChI is InChI=1S/C11H23NO/c1-5-10(3)12-7-6-9(2)11(8-12)13-4/h9-11H,5-8H2,1-4H3. The van der Waals surface area contributed by atoms with Gasteiger partial charge in [-0.15, -0.1) is 0 Å². The SMILES string of the molecule is CCC(C)N1CCC(C)C(OC)C1. The first-order valence-electron chi connectivity index (χ1n) is 5.45. The Labute approximate surface area is 82.3 Å². The molecule has 0 spiro atoms. The third-order valence-corrected chi connectivity index (χ3v) is 3.44. The maximum Gasteiger partial charge on any atom is 0.0724 e. The lowest BCUT2D eigenvalue weighted by Crippen LogP contribution is -2.47. The average Bonchev–Trinajstić information content (AvgIpc) is 2.17. The van der Waals surface area contributed by atoms with Crippen LogP contribution >= 0.6 is 0 Å². The Kier molecular flexibility index (Phi) is 4.20. The second-order valence-corrected chi connectivity index (χ2v) is 4.29. The molecular weight excluding hydrogens is 162 g/mol. The first kappa shape index (κ1) is 11.0. The second-order valence-electron chi connectivity index (χ2n) is 4.29. The van der Waals surface area contributed by atoms with Crippen LogP contribution in [0.3, 0.4) is 0 Å². The van der Waals surface area contributed by atoms with Gasteiger partial charge >= 0.3 is 0 Å². The lowest BCUT2D eigenvalue weighted by atomic mass is 9.94. The molecular formula is C11H23NO. The van der Waals surface area contributed by atoms with Crippen molar-refractivity contribution in [2.75, 3.05) is 20.2 Å². The van der Waals surface area contributed by atoms with Crippen LogP contribution in [-0.4, -0.2) is 37.2 Å². The third kappa shape index (κ3) is 2.68. The summed E-state index contributed by atoms with van der Waals surface area (Å²) in [5.41, 5.74) is 0. The molecule has 78 valence electrons. The van der Waals surface area contributed by atoms with Gasteiger partial charge in [-0.05, 0) is 32.2 Å². The van der Waals surface area contributed by atoms with Crippen LogP contribution in [0.2, 0.25) is 0 Å². The fourth-order valence-corrected chi connectivity index (χ4v) is 2.02. The maximum absolute atomic E-state index is 5.49. The topological polar surface area (TPSA) is 12.5 Å². The second kappa shape index (κ2) is 4.97. The van der Waals surface area contributed by atoms with Crippen molar-refractivity contribution in [2.45, 2.75) is 45.8 Å². The van der Waals surface area contributed by atoms with Gasteiger partial charge in [0.25, 0.3) is 0 Å². The highest BCUT2D eigenvalue weighted by Crippen LogP contribution is 2.21. The summed E-state index contributed by atoms with van der Waals surface area (Å²) in [4.78, 5) is 2.55. The molecule has 2 heteroatoms. The molecule has 1 fully saturated rings. The van der Waals surface area contributed by atoms with E-state index in [0.717, 1.165) is 12.5 Å². The van der Waals surface area contributed by atoms with E-state index in [1.165, 1.54) is 19.4 Å². The van der Waals surface area contributed by atoms with Crippen molar-refractivity contribution < 1.29 is 4.74 Å². The average molecular weight is 185 g/mol. The van der Waals surface area contributed by atoms with Gasteiger partial charge in [0.2, 0.25) is 0 Å². The normalized spacial score (nSPS) is 33.2. The third-order valence-electron chi connectivity index (χ3n) is 3.44. The van der Waals surface area contributed by atoms with Crippen LogP contribution in [0.25, 0.3) is 0 Å². The minimum absolute atomic E-state index is 0.447. The van der Waals surface area contributed by atoms with Crippen molar-refractivity contribution in [2.24, 2.45) is 5.92 Å². The van der Waals surface area contributed by atoms with Crippen molar-refractivity contribution >= 4 is 0 Å². The molecule has 13 heavy (non-hydrogen) atoms. The first-order valence-corrected chi connectivity index (χ1v) is 5.45. The number of rotatable bonds is 3. The molecule has 0 amide bonds. The summed E-state index contributed by atoms with van der Waals surface area (Å²) in [6, 6.07) is 0.713. The lowest BCUT2D eigenvalue weighted by Gasteiger charge is -2.39. The number of methoxy groups -OCH3 is 1. The van der Waals surface area contributed by atoms with E-state index in [0.29, 0.717) is 12.1 Å². The summed E-state index contributed by atoms with van der Waals surface area (Å²) in [7, 11) is 1.83. The predicted molar refractivity (Wildman–Crippen MR) is 55.9 cm³/mol. The summed E-state index contributed by atoms with van der Waals surface area (Å²) >= 11 is 0. The molecule has 1 rings (SSSR count). The molecule has 2 nitrogen and oxygen atoms in total. The molecule has 1 saturated heterocycles. The maximum atomic E-state index is 5.49. The summed E-state index contributed by atoms with van der Waals surface area (Å²) < 4.78 is 5.49. The first-order chi connectivity index (χ1) is 6.19. The van der Waals surface area contributed by atoms with E-state index in [4.69, 9.17) is 4.74 Å². The van der Waals surface area contributed by atoms with E-state index >= 15 is 0 Å². The highest BCUT2D eigenvalue weighted by atomic mass is 16.5. The van der Waals surface area contributed by atoms with Gasteiger partial charge in [0, 0.05) is 19.7 Å². The fraction of sp³-hybridized carbons (Fsp3) is 1.00. The molecule has 1 heterocycles. The van der Waals surface area contributed by atoms with E-state index in [9.17, 15) is 0 Å². The van der Waals surface area contributed by atoms with Crippen molar-refractivity contribution in [3.8, 4) is 0 Å². The number of hydrogen-bond acceptors (Lipinski definition) is 2. The van der Waals surface area contributed by atoms with Crippen LogP contribution in [0.4, 0.5) is 0 Å². The molecule has 0 radical (unpaired) electrons. The van der Waals surface area contributed by atoms with Crippen molar-refractivity contribution in [1.29, 1.82) is 0 Å². The zero-order valence-corrected chi connectivity index (χ0v) is 9.42. The van der Waals surface area contributed by atoms with Gasteiger partial charge in [0.1, 0.15) is 0 Å². The monoisotopic (exact) mass is 185 g/mol. The van der Waals surface area contributed by atoms with Crippen molar-refractivity contribution in [3.05, 3.63) is 0 Å². The van der Waals surface area contributed by atoms with Gasteiger partial charge in [-0.2, -0.15) is 0 Å². The largest absolute Gasteiger partial charge is 0.380 e. The quantitative estimate of drug-likeness (QED) is 0.668. The minimum Gasteiger partial charge on any atom is -0.380 e. The summed E-state index contributed by atoms with van der Waals surface area (Å²) in [6.07, 6.45) is 2.97. The van der Waals surface area contributed by atoms with Gasteiger partial charge in [-0.25, -0.2) is 0 Å². The molecule has 0 aromatic carbocycles.